The second-order valence-electron chi connectivity index (χ2n) is 5.08. The molecule has 0 amide bonds. The van der Waals surface area contributed by atoms with Crippen LogP contribution in [0.3, 0.4) is 0 Å². The monoisotopic (exact) mass is 281 g/mol. The largest absolute Gasteiger partial charge is 0.356 e. The maximum absolute atomic E-state index is 6.03. The molecule has 1 aliphatic rings. The number of hydrogen-bond donors (Lipinski definition) is 0. The van der Waals surface area contributed by atoms with Crippen LogP contribution in [-0.4, -0.2) is 23.1 Å². The zero-order valence-electron chi connectivity index (χ0n) is 10.8. The van der Waals surface area contributed by atoms with E-state index in [4.69, 9.17) is 11.6 Å². The first-order valence-corrected chi connectivity index (χ1v) is 7.42. The summed E-state index contributed by atoms with van der Waals surface area (Å²) in [5, 5.41) is 1.46. The molecule has 0 spiro atoms. The molecule has 1 unspecified atom stereocenters. The molecule has 96 valence electrons. The van der Waals surface area contributed by atoms with E-state index in [1.54, 1.807) is 11.3 Å². The van der Waals surface area contributed by atoms with Crippen LogP contribution in [0, 0.1) is 12.8 Å². The zero-order chi connectivity index (χ0) is 12.9. The number of halogens is 1. The summed E-state index contributed by atoms with van der Waals surface area (Å²) in [5.74, 6) is 1.77. The summed E-state index contributed by atoms with van der Waals surface area (Å²) in [4.78, 5) is 13.2. The third-order valence-electron chi connectivity index (χ3n) is 3.72. The van der Waals surface area contributed by atoms with E-state index in [9.17, 15) is 0 Å². The number of aromatic nitrogens is 2. The predicted octanol–water partition coefficient (Wildman–Crippen LogP) is 3.89. The number of thiophene rings is 1. The molecular formula is C13H16ClN3S. The standard InChI is InChI=1S/C13H16ClN3S/c1-7-6-10-11(15-13(14)16-12(10)18-7)17(3)8(2)9-4-5-9/h6,8-9H,4-5H2,1-3H3. The van der Waals surface area contributed by atoms with Gasteiger partial charge in [-0.25, -0.2) is 4.98 Å². The third-order valence-corrected chi connectivity index (χ3v) is 4.83. The molecule has 1 atom stereocenters. The lowest BCUT2D eigenvalue weighted by Crippen LogP contribution is -2.31. The lowest BCUT2D eigenvalue weighted by Gasteiger charge is -2.26. The van der Waals surface area contributed by atoms with Gasteiger partial charge in [-0.2, -0.15) is 4.98 Å². The van der Waals surface area contributed by atoms with Crippen LogP contribution in [0.5, 0.6) is 0 Å². The molecule has 0 N–H and O–H groups in total. The van der Waals surface area contributed by atoms with Crippen LogP contribution in [-0.2, 0) is 0 Å². The molecule has 3 nitrogen and oxygen atoms in total. The molecule has 0 aromatic carbocycles. The van der Waals surface area contributed by atoms with E-state index in [2.05, 4.69) is 41.8 Å². The fraction of sp³-hybridized carbons (Fsp3) is 0.538. The van der Waals surface area contributed by atoms with Crippen LogP contribution in [0.15, 0.2) is 6.07 Å². The molecule has 2 heterocycles. The predicted molar refractivity (Wildman–Crippen MR) is 77.8 cm³/mol. The summed E-state index contributed by atoms with van der Waals surface area (Å²) in [5.41, 5.74) is 0. The quantitative estimate of drug-likeness (QED) is 0.799. The van der Waals surface area contributed by atoms with Crippen molar-refractivity contribution in [3.8, 4) is 0 Å². The van der Waals surface area contributed by atoms with Crippen molar-refractivity contribution < 1.29 is 0 Å². The van der Waals surface area contributed by atoms with Crippen molar-refractivity contribution in [1.29, 1.82) is 0 Å². The van der Waals surface area contributed by atoms with Crippen molar-refractivity contribution in [2.45, 2.75) is 32.7 Å². The molecule has 2 aromatic rings. The Hall–Kier alpha value is -0.870. The first-order valence-electron chi connectivity index (χ1n) is 6.23. The van der Waals surface area contributed by atoms with E-state index in [0.717, 1.165) is 22.0 Å². The molecule has 0 radical (unpaired) electrons. The Morgan fingerprint density at radius 1 is 1.44 bits per heavy atom. The number of fused-ring (bicyclic) bond motifs is 1. The Balaban J connectivity index is 2.08. The molecular weight excluding hydrogens is 266 g/mol. The number of nitrogens with zero attached hydrogens (tertiary/aromatic N) is 3. The van der Waals surface area contributed by atoms with Crippen LogP contribution in [0.4, 0.5) is 5.82 Å². The zero-order valence-corrected chi connectivity index (χ0v) is 12.3. The highest BCUT2D eigenvalue weighted by Crippen LogP contribution is 2.38. The minimum atomic E-state index is 0.342. The molecule has 0 aliphatic heterocycles. The van der Waals surface area contributed by atoms with Crippen LogP contribution >= 0.6 is 22.9 Å². The SMILES string of the molecule is Cc1cc2c(N(C)C(C)C3CC3)nc(Cl)nc2s1. The number of hydrogen-bond acceptors (Lipinski definition) is 4. The van der Waals surface area contributed by atoms with E-state index in [1.165, 1.54) is 17.7 Å². The van der Waals surface area contributed by atoms with Crippen LogP contribution in [0.2, 0.25) is 5.28 Å². The van der Waals surface area contributed by atoms with Crippen molar-refractivity contribution in [2.24, 2.45) is 5.92 Å². The van der Waals surface area contributed by atoms with Crippen molar-refractivity contribution in [3.63, 3.8) is 0 Å². The van der Waals surface area contributed by atoms with Gasteiger partial charge in [0.15, 0.2) is 0 Å². The van der Waals surface area contributed by atoms with Gasteiger partial charge in [-0.05, 0) is 50.3 Å². The highest BCUT2D eigenvalue weighted by atomic mass is 35.5. The summed E-state index contributed by atoms with van der Waals surface area (Å²) >= 11 is 7.71. The number of rotatable bonds is 3. The van der Waals surface area contributed by atoms with E-state index >= 15 is 0 Å². The molecule has 18 heavy (non-hydrogen) atoms. The Morgan fingerprint density at radius 3 is 2.83 bits per heavy atom. The Labute approximate surface area is 116 Å². The molecule has 1 fully saturated rings. The second-order valence-corrected chi connectivity index (χ2v) is 6.65. The van der Waals surface area contributed by atoms with Crippen LogP contribution in [0.25, 0.3) is 10.2 Å². The Kier molecular flexibility index (Phi) is 2.94. The summed E-state index contributed by atoms with van der Waals surface area (Å²) in [6.07, 6.45) is 2.66. The van der Waals surface area contributed by atoms with Gasteiger partial charge in [0, 0.05) is 18.0 Å². The summed E-state index contributed by atoms with van der Waals surface area (Å²) in [6.45, 7) is 4.35. The van der Waals surface area contributed by atoms with Gasteiger partial charge in [0.1, 0.15) is 10.6 Å². The first kappa shape index (κ1) is 12.2. The summed E-state index contributed by atoms with van der Waals surface area (Å²) < 4.78 is 0. The van der Waals surface area contributed by atoms with Gasteiger partial charge >= 0.3 is 0 Å². The van der Waals surface area contributed by atoms with Crippen molar-refractivity contribution in [2.75, 3.05) is 11.9 Å². The third kappa shape index (κ3) is 2.08. The molecule has 2 aromatic heterocycles. The highest BCUT2D eigenvalue weighted by molar-refractivity contribution is 7.18. The van der Waals surface area contributed by atoms with Gasteiger partial charge in [-0.1, -0.05) is 0 Å². The van der Waals surface area contributed by atoms with Crippen molar-refractivity contribution >= 4 is 39.0 Å². The summed E-state index contributed by atoms with van der Waals surface area (Å²) in [7, 11) is 2.11. The average Bonchev–Trinajstić information content (AvgIpc) is 3.09. The maximum Gasteiger partial charge on any atom is 0.225 e. The minimum absolute atomic E-state index is 0.342. The molecule has 0 bridgehead atoms. The molecule has 3 rings (SSSR count). The van der Waals surface area contributed by atoms with Crippen molar-refractivity contribution in [3.05, 3.63) is 16.2 Å². The fourth-order valence-corrected chi connectivity index (χ4v) is 3.45. The van der Waals surface area contributed by atoms with Gasteiger partial charge in [-0.3, -0.25) is 0 Å². The van der Waals surface area contributed by atoms with Gasteiger partial charge in [0.2, 0.25) is 5.28 Å². The van der Waals surface area contributed by atoms with Gasteiger partial charge in [0.05, 0.1) is 5.39 Å². The Bertz CT molecular complexity index is 591. The average molecular weight is 282 g/mol. The van der Waals surface area contributed by atoms with E-state index in [-0.39, 0.29) is 0 Å². The Morgan fingerprint density at radius 2 is 2.17 bits per heavy atom. The van der Waals surface area contributed by atoms with E-state index in [1.807, 2.05) is 0 Å². The molecule has 5 heteroatoms. The summed E-state index contributed by atoms with van der Waals surface area (Å²) in [6, 6.07) is 2.67. The maximum atomic E-state index is 6.03. The van der Waals surface area contributed by atoms with Gasteiger partial charge in [-0.15, -0.1) is 11.3 Å². The lowest BCUT2D eigenvalue weighted by atomic mass is 10.2. The minimum Gasteiger partial charge on any atom is -0.356 e. The normalized spacial score (nSPS) is 17.1. The lowest BCUT2D eigenvalue weighted by molar-refractivity contribution is 0.605. The fourth-order valence-electron chi connectivity index (χ4n) is 2.36. The van der Waals surface area contributed by atoms with Gasteiger partial charge < -0.3 is 4.90 Å². The smallest absolute Gasteiger partial charge is 0.225 e. The van der Waals surface area contributed by atoms with Gasteiger partial charge in [0.25, 0.3) is 0 Å². The second kappa shape index (κ2) is 4.35. The van der Waals surface area contributed by atoms with Crippen LogP contribution in [0.1, 0.15) is 24.6 Å². The van der Waals surface area contributed by atoms with E-state index in [0.29, 0.717) is 11.3 Å². The highest BCUT2D eigenvalue weighted by Gasteiger charge is 2.31. The van der Waals surface area contributed by atoms with Crippen molar-refractivity contribution in [1.82, 2.24) is 9.97 Å². The van der Waals surface area contributed by atoms with Crippen LogP contribution < -0.4 is 4.90 Å². The molecule has 0 saturated heterocycles. The number of aryl methyl sites for hydroxylation is 1. The number of anilines is 1. The topological polar surface area (TPSA) is 29.0 Å². The molecule has 1 aliphatic carbocycles. The van der Waals surface area contributed by atoms with E-state index < -0.39 is 0 Å². The first-order chi connectivity index (χ1) is 8.56. The molecule has 1 saturated carbocycles.